The van der Waals surface area contributed by atoms with Crippen LogP contribution in [-0.2, 0) is 0 Å². The van der Waals surface area contributed by atoms with Gasteiger partial charge in [0.25, 0.3) is 5.91 Å². The van der Waals surface area contributed by atoms with Crippen molar-refractivity contribution >= 4 is 23.2 Å². The van der Waals surface area contributed by atoms with Crippen molar-refractivity contribution in [2.75, 3.05) is 13.2 Å². The number of carbonyl (C=O) groups excluding carboxylic acids is 1. The van der Waals surface area contributed by atoms with Crippen molar-refractivity contribution in [1.82, 2.24) is 16.2 Å². The van der Waals surface area contributed by atoms with Crippen LogP contribution in [0.25, 0.3) is 0 Å². The van der Waals surface area contributed by atoms with Crippen LogP contribution < -0.4 is 16.2 Å². The van der Waals surface area contributed by atoms with E-state index in [0.29, 0.717) is 23.6 Å². The van der Waals surface area contributed by atoms with Gasteiger partial charge in [-0.2, -0.15) is 0 Å². The van der Waals surface area contributed by atoms with Crippen LogP contribution in [0.15, 0.2) is 30.3 Å². The summed E-state index contributed by atoms with van der Waals surface area (Å²) in [5.41, 5.74) is 5.60. The van der Waals surface area contributed by atoms with E-state index in [-0.39, 0.29) is 12.5 Å². The molecule has 1 aromatic carbocycles. The van der Waals surface area contributed by atoms with Crippen LogP contribution >= 0.6 is 12.2 Å². The van der Waals surface area contributed by atoms with Crippen molar-refractivity contribution in [1.29, 1.82) is 0 Å². The smallest absolute Gasteiger partial charge is 0.269 e. The van der Waals surface area contributed by atoms with Gasteiger partial charge in [0.1, 0.15) is 0 Å². The number of hydrogen-bond acceptors (Lipinski definition) is 3. The molecule has 0 fully saturated rings. The predicted octanol–water partition coefficient (Wildman–Crippen LogP) is 0.178. The second-order valence-electron chi connectivity index (χ2n) is 3.28. The van der Waals surface area contributed by atoms with Crippen LogP contribution in [0.5, 0.6) is 0 Å². The molecule has 4 N–H and O–H groups in total. The Kier molecular flexibility index (Phi) is 5.98. The first-order chi connectivity index (χ1) is 8.24. The molecule has 17 heavy (non-hydrogen) atoms. The van der Waals surface area contributed by atoms with E-state index < -0.39 is 0 Å². The molecule has 6 heteroatoms. The van der Waals surface area contributed by atoms with Gasteiger partial charge in [0, 0.05) is 18.7 Å². The third-order valence-electron chi connectivity index (χ3n) is 1.95. The monoisotopic (exact) mass is 253 g/mol. The second kappa shape index (κ2) is 7.59. The molecule has 5 nitrogen and oxygen atoms in total. The molecule has 0 unspecified atom stereocenters. The van der Waals surface area contributed by atoms with Gasteiger partial charge < -0.3 is 10.4 Å². The van der Waals surface area contributed by atoms with Crippen molar-refractivity contribution in [2.24, 2.45) is 0 Å². The number of amides is 1. The number of hydrazine groups is 1. The lowest BCUT2D eigenvalue weighted by Gasteiger charge is -2.10. The molecule has 0 aliphatic carbocycles. The second-order valence-corrected chi connectivity index (χ2v) is 3.69. The molecule has 0 heterocycles. The normalized spacial score (nSPS) is 9.47. The van der Waals surface area contributed by atoms with Gasteiger partial charge in [-0.15, -0.1) is 0 Å². The Morgan fingerprint density at radius 3 is 2.59 bits per heavy atom. The Balaban J connectivity index is 2.26. The molecule has 0 aromatic heterocycles. The van der Waals surface area contributed by atoms with E-state index in [1.165, 1.54) is 0 Å². The summed E-state index contributed by atoms with van der Waals surface area (Å²) in [7, 11) is 0. The van der Waals surface area contributed by atoms with E-state index in [2.05, 4.69) is 16.2 Å². The first-order valence-corrected chi connectivity index (χ1v) is 5.65. The fourth-order valence-electron chi connectivity index (χ4n) is 1.10. The van der Waals surface area contributed by atoms with Crippen LogP contribution in [0.1, 0.15) is 16.8 Å². The first kappa shape index (κ1) is 13.4. The van der Waals surface area contributed by atoms with E-state index in [4.69, 9.17) is 17.3 Å². The Hall–Kier alpha value is -1.66. The average molecular weight is 253 g/mol. The van der Waals surface area contributed by atoms with Gasteiger partial charge in [-0.3, -0.25) is 15.6 Å². The Morgan fingerprint density at radius 2 is 1.94 bits per heavy atom. The molecular weight excluding hydrogens is 238 g/mol. The molecule has 0 aliphatic heterocycles. The molecule has 0 atom stereocenters. The van der Waals surface area contributed by atoms with Gasteiger partial charge in [-0.25, -0.2) is 0 Å². The van der Waals surface area contributed by atoms with Crippen molar-refractivity contribution in [2.45, 2.75) is 6.42 Å². The summed E-state index contributed by atoms with van der Waals surface area (Å²) < 4.78 is 0. The zero-order valence-electron chi connectivity index (χ0n) is 9.27. The lowest BCUT2D eigenvalue weighted by Crippen LogP contribution is -2.47. The topological polar surface area (TPSA) is 73.4 Å². The summed E-state index contributed by atoms with van der Waals surface area (Å²) in [6.07, 6.45) is 0.606. The summed E-state index contributed by atoms with van der Waals surface area (Å²) in [5, 5.41) is 11.7. The molecule has 0 saturated heterocycles. The van der Waals surface area contributed by atoms with Gasteiger partial charge in [0.2, 0.25) is 0 Å². The number of carbonyl (C=O) groups is 1. The van der Waals surface area contributed by atoms with E-state index >= 15 is 0 Å². The van der Waals surface area contributed by atoms with Crippen molar-refractivity contribution in [3.05, 3.63) is 35.9 Å². The molecular formula is C11H15N3O2S. The highest BCUT2D eigenvalue weighted by Gasteiger charge is 2.03. The molecule has 1 rings (SSSR count). The summed E-state index contributed by atoms with van der Waals surface area (Å²) in [6.45, 7) is 0.662. The SMILES string of the molecule is O=C(NNC(=S)NCCCO)c1ccccc1. The maximum absolute atomic E-state index is 11.6. The standard InChI is InChI=1S/C11H15N3O2S/c15-8-4-7-12-11(17)14-13-10(16)9-5-2-1-3-6-9/h1-3,5-6,15H,4,7-8H2,(H,13,16)(H2,12,14,17). The van der Waals surface area contributed by atoms with Crippen molar-refractivity contribution in [3.63, 3.8) is 0 Å². The number of thiocarbonyl (C=S) groups is 1. The summed E-state index contributed by atoms with van der Waals surface area (Å²) >= 11 is 4.92. The summed E-state index contributed by atoms with van der Waals surface area (Å²) in [6, 6.07) is 8.82. The maximum atomic E-state index is 11.6. The van der Waals surface area contributed by atoms with E-state index in [1.54, 1.807) is 24.3 Å². The highest BCUT2D eigenvalue weighted by atomic mass is 32.1. The molecule has 0 spiro atoms. The van der Waals surface area contributed by atoms with E-state index in [9.17, 15) is 4.79 Å². The lowest BCUT2D eigenvalue weighted by molar-refractivity contribution is 0.0943. The Bertz CT molecular complexity index is 370. The van der Waals surface area contributed by atoms with Crippen molar-refractivity contribution < 1.29 is 9.90 Å². The summed E-state index contributed by atoms with van der Waals surface area (Å²) in [4.78, 5) is 11.6. The fraction of sp³-hybridized carbons (Fsp3) is 0.273. The number of aliphatic hydroxyl groups excluding tert-OH is 1. The summed E-state index contributed by atoms with van der Waals surface area (Å²) in [5.74, 6) is -0.253. The van der Waals surface area contributed by atoms with Crippen LogP contribution in [-0.4, -0.2) is 29.3 Å². The Morgan fingerprint density at radius 1 is 1.24 bits per heavy atom. The van der Waals surface area contributed by atoms with Gasteiger partial charge in [-0.05, 0) is 30.8 Å². The van der Waals surface area contributed by atoms with Crippen LogP contribution in [0, 0.1) is 0 Å². The number of hydrogen-bond donors (Lipinski definition) is 4. The number of nitrogens with one attached hydrogen (secondary N) is 3. The van der Waals surface area contributed by atoms with Gasteiger partial charge in [0.15, 0.2) is 5.11 Å². The largest absolute Gasteiger partial charge is 0.396 e. The number of rotatable bonds is 4. The minimum Gasteiger partial charge on any atom is -0.396 e. The number of benzene rings is 1. The molecule has 0 radical (unpaired) electrons. The molecule has 0 aliphatic rings. The zero-order chi connectivity index (χ0) is 12.5. The zero-order valence-corrected chi connectivity index (χ0v) is 10.1. The van der Waals surface area contributed by atoms with Crippen LogP contribution in [0.4, 0.5) is 0 Å². The van der Waals surface area contributed by atoms with E-state index in [0.717, 1.165) is 0 Å². The van der Waals surface area contributed by atoms with Gasteiger partial charge in [-0.1, -0.05) is 18.2 Å². The molecule has 1 amide bonds. The molecule has 92 valence electrons. The highest BCUT2D eigenvalue weighted by molar-refractivity contribution is 7.80. The van der Waals surface area contributed by atoms with E-state index in [1.807, 2.05) is 6.07 Å². The van der Waals surface area contributed by atoms with Crippen LogP contribution in [0.2, 0.25) is 0 Å². The predicted molar refractivity (Wildman–Crippen MR) is 69.3 cm³/mol. The third kappa shape index (κ3) is 5.28. The van der Waals surface area contributed by atoms with Crippen molar-refractivity contribution in [3.8, 4) is 0 Å². The molecule has 0 saturated carbocycles. The van der Waals surface area contributed by atoms with Gasteiger partial charge >= 0.3 is 0 Å². The molecule has 1 aromatic rings. The fourth-order valence-corrected chi connectivity index (χ4v) is 1.25. The first-order valence-electron chi connectivity index (χ1n) is 5.24. The Labute approximate surface area is 105 Å². The highest BCUT2D eigenvalue weighted by Crippen LogP contribution is 1.96. The average Bonchev–Trinajstić information content (AvgIpc) is 2.37. The maximum Gasteiger partial charge on any atom is 0.269 e. The minimum atomic E-state index is -0.253. The third-order valence-corrected chi connectivity index (χ3v) is 2.19. The van der Waals surface area contributed by atoms with Crippen LogP contribution in [0.3, 0.4) is 0 Å². The quantitative estimate of drug-likeness (QED) is 0.350. The molecule has 0 bridgehead atoms. The number of aliphatic hydroxyl groups is 1. The van der Waals surface area contributed by atoms with Gasteiger partial charge in [0.05, 0.1) is 0 Å². The lowest BCUT2D eigenvalue weighted by atomic mass is 10.2. The minimum absolute atomic E-state index is 0.103.